The van der Waals surface area contributed by atoms with E-state index in [0.717, 1.165) is 48.7 Å². The summed E-state index contributed by atoms with van der Waals surface area (Å²) in [4.78, 5) is 26.1. The Hall–Kier alpha value is -4.45. The largest absolute Gasteiger partial charge is 0.573 e. The van der Waals surface area contributed by atoms with E-state index in [1.165, 1.54) is 12.1 Å². The van der Waals surface area contributed by atoms with E-state index in [-0.39, 0.29) is 5.57 Å². The molecule has 2 aliphatic rings. The zero-order valence-corrected chi connectivity index (χ0v) is 20.2. The topological polar surface area (TPSA) is 99.3 Å². The SMILES string of the molecule is CN1CCN(c2ncc(-c3n[nH]c4cc(C=C5C(=O)Nc6ccc(OC(F)(F)F)cc65)ccc34)cn2)CC1. The van der Waals surface area contributed by atoms with Gasteiger partial charge in [-0.1, -0.05) is 6.07 Å². The first-order valence-corrected chi connectivity index (χ1v) is 11.9. The summed E-state index contributed by atoms with van der Waals surface area (Å²) in [5.74, 6) is -0.116. The molecule has 0 spiro atoms. The number of benzene rings is 2. The van der Waals surface area contributed by atoms with Crippen molar-refractivity contribution in [1.29, 1.82) is 0 Å². The molecular formula is C26H22F3N7O2. The lowest BCUT2D eigenvalue weighted by atomic mass is 10.0. The third kappa shape index (κ3) is 4.65. The maximum atomic E-state index is 12.7. The Bertz CT molecular complexity index is 1560. The number of nitrogens with one attached hydrogen (secondary N) is 2. The van der Waals surface area contributed by atoms with Crippen molar-refractivity contribution in [2.75, 3.05) is 43.4 Å². The van der Waals surface area contributed by atoms with E-state index in [1.54, 1.807) is 18.5 Å². The van der Waals surface area contributed by atoms with Crippen molar-refractivity contribution in [2.45, 2.75) is 6.36 Å². The second-order valence-electron chi connectivity index (χ2n) is 9.21. The van der Waals surface area contributed by atoms with Crippen molar-refractivity contribution in [3.63, 3.8) is 0 Å². The van der Waals surface area contributed by atoms with Gasteiger partial charge in [0.25, 0.3) is 5.91 Å². The highest BCUT2D eigenvalue weighted by Gasteiger charge is 2.32. The number of amides is 1. The van der Waals surface area contributed by atoms with Crippen LogP contribution in [0.4, 0.5) is 24.8 Å². The number of carbonyl (C=O) groups excluding carboxylic acids is 1. The van der Waals surface area contributed by atoms with Crippen LogP contribution < -0.4 is 15.0 Å². The molecule has 1 fully saturated rings. The lowest BCUT2D eigenvalue weighted by Crippen LogP contribution is -2.45. The minimum atomic E-state index is -4.83. The summed E-state index contributed by atoms with van der Waals surface area (Å²) in [5.41, 5.74) is 3.85. The zero-order valence-electron chi connectivity index (χ0n) is 20.2. The van der Waals surface area contributed by atoms with E-state index < -0.39 is 18.0 Å². The highest BCUT2D eigenvalue weighted by atomic mass is 19.4. The number of anilines is 2. The molecule has 6 rings (SSSR count). The minimum Gasteiger partial charge on any atom is -0.406 e. The first kappa shape index (κ1) is 23.9. The Morgan fingerprint density at radius 1 is 1.03 bits per heavy atom. The van der Waals surface area contributed by atoms with Crippen LogP contribution in [-0.4, -0.2) is 70.6 Å². The molecule has 1 amide bonds. The van der Waals surface area contributed by atoms with Gasteiger partial charge in [0.05, 0.1) is 5.52 Å². The smallest absolute Gasteiger partial charge is 0.406 e. The molecule has 4 aromatic rings. The van der Waals surface area contributed by atoms with Crippen LogP contribution in [0.15, 0.2) is 48.8 Å². The second-order valence-corrected chi connectivity index (χ2v) is 9.21. The molecule has 12 heteroatoms. The normalized spacial score (nSPS) is 17.2. The molecule has 38 heavy (non-hydrogen) atoms. The van der Waals surface area contributed by atoms with E-state index in [2.05, 4.69) is 47.1 Å². The summed E-state index contributed by atoms with van der Waals surface area (Å²) in [6, 6.07) is 9.25. The first-order valence-electron chi connectivity index (χ1n) is 11.9. The fraction of sp³-hybridized carbons (Fsp3) is 0.231. The first-order chi connectivity index (χ1) is 18.2. The Morgan fingerprint density at radius 3 is 2.53 bits per heavy atom. The third-order valence-corrected chi connectivity index (χ3v) is 6.60. The van der Waals surface area contributed by atoms with Crippen LogP contribution in [0.2, 0.25) is 0 Å². The summed E-state index contributed by atoms with van der Waals surface area (Å²) in [6.45, 7) is 3.67. The lowest BCUT2D eigenvalue weighted by Gasteiger charge is -2.32. The van der Waals surface area contributed by atoms with Gasteiger partial charge >= 0.3 is 6.36 Å². The number of hydrogen-bond acceptors (Lipinski definition) is 7. The summed E-state index contributed by atoms with van der Waals surface area (Å²) >= 11 is 0. The number of aromatic nitrogens is 4. The number of nitrogens with zero attached hydrogens (tertiary/aromatic N) is 5. The fourth-order valence-electron chi connectivity index (χ4n) is 4.63. The Kier molecular flexibility index (Phi) is 5.75. The lowest BCUT2D eigenvalue weighted by molar-refractivity contribution is -0.274. The minimum absolute atomic E-state index is 0.236. The Morgan fingerprint density at radius 2 is 1.79 bits per heavy atom. The van der Waals surface area contributed by atoms with Crippen LogP contribution in [0.3, 0.4) is 0 Å². The van der Waals surface area contributed by atoms with Crippen molar-refractivity contribution in [3.05, 3.63) is 59.9 Å². The van der Waals surface area contributed by atoms with Crippen molar-refractivity contribution in [1.82, 2.24) is 25.1 Å². The maximum absolute atomic E-state index is 12.7. The van der Waals surface area contributed by atoms with Gasteiger partial charge in [0.1, 0.15) is 11.4 Å². The summed E-state index contributed by atoms with van der Waals surface area (Å²) in [5, 5.41) is 11.0. The Balaban J connectivity index is 1.27. The van der Waals surface area contributed by atoms with E-state index in [0.29, 0.717) is 28.5 Å². The number of alkyl halides is 3. The van der Waals surface area contributed by atoms with E-state index in [9.17, 15) is 18.0 Å². The number of ether oxygens (including phenoxy) is 1. The number of rotatable bonds is 4. The van der Waals surface area contributed by atoms with Gasteiger partial charge in [0.2, 0.25) is 5.95 Å². The zero-order chi connectivity index (χ0) is 26.4. The van der Waals surface area contributed by atoms with Gasteiger partial charge in [-0.15, -0.1) is 13.2 Å². The summed E-state index contributed by atoms with van der Waals surface area (Å²) in [6.07, 6.45) is 0.305. The monoisotopic (exact) mass is 521 g/mol. The van der Waals surface area contributed by atoms with Crippen LogP contribution in [0, 0.1) is 0 Å². The van der Waals surface area contributed by atoms with Crippen LogP contribution in [0.5, 0.6) is 5.75 Å². The quantitative estimate of drug-likeness (QED) is 0.389. The highest BCUT2D eigenvalue weighted by Crippen LogP contribution is 2.37. The molecule has 0 bridgehead atoms. The molecule has 194 valence electrons. The number of H-pyrrole nitrogens is 1. The molecule has 2 aliphatic heterocycles. The number of likely N-dealkylation sites (N-methyl/N-ethyl adjacent to an activating group) is 1. The van der Waals surface area contributed by atoms with Crippen LogP contribution in [-0.2, 0) is 4.79 Å². The average molecular weight is 522 g/mol. The second kappa shape index (κ2) is 9.14. The van der Waals surface area contributed by atoms with E-state index in [1.807, 2.05) is 18.2 Å². The summed E-state index contributed by atoms with van der Waals surface area (Å²) < 4.78 is 42.0. The van der Waals surface area contributed by atoms with Gasteiger partial charge in [-0.05, 0) is 49.0 Å². The molecule has 0 aliphatic carbocycles. The van der Waals surface area contributed by atoms with Crippen LogP contribution >= 0.6 is 0 Å². The summed E-state index contributed by atoms with van der Waals surface area (Å²) in [7, 11) is 2.09. The number of hydrogen-bond donors (Lipinski definition) is 2. The van der Waals surface area contributed by atoms with Crippen molar-refractivity contribution < 1.29 is 22.7 Å². The van der Waals surface area contributed by atoms with Gasteiger partial charge < -0.3 is 19.9 Å². The predicted molar refractivity (Wildman–Crippen MR) is 136 cm³/mol. The van der Waals surface area contributed by atoms with Crippen molar-refractivity contribution in [2.24, 2.45) is 0 Å². The van der Waals surface area contributed by atoms with Crippen LogP contribution in [0.1, 0.15) is 11.1 Å². The highest BCUT2D eigenvalue weighted by molar-refractivity contribution is 6.35. The molecule has 0 radical (unpaired) electrons. The molecule has 2 aromatic heterocycles. The molecular weight excluding hydrogens is 499 g/mol. The van der Waals surface area contributed by atoms with E-state index in [4.69, 9.17) is 0 Å². The number of piperazine rings is 1. The molecule has 2 aromatic carbocycles. The van der Waals surface area contributed by atoms with E-state index >= 15 is 0 Å². The molecule has 9 nitrogen and oxygen atoms in total. The molecule has 2 N–H and O–H groups in total. The van der Waals surface area contributed by atoms with Crippen molar-refractivity contribution >= 4 is 40.1 Å². The van der Waals surface area contributed by atoms with Crippen LogP contribution in [0.25, 0.3) is 33.8 Å². The van der Waals surface area contributed by atoms with Gasteiger partial charge in [0.15, 0.2) is 0 Å². The molecule has 1 saturated heterocycles. The molecule has 4 heterocycles. The average Bonchev–Trinajstić information content (AvgIpc) is 3.44. The third-order valence-electron chi connectivity index (χ3n) is 6.60. The van der Waals surface area contributed by atoms with Gasteiger partial charge in [-0.3, -0.25) is 9.89 Å². The Labute approximate surface area is 214 Å². The van der Waals surface area contributed by atoms with Gasteiger partial charge in [-0.25, -0.2) is 9.97 Å². The predicted octanol–water partition coefficient (Wildman–Crippen LogP) is 4.16. The number of fused-ring (bicyclic) bond motifs is 2. The molecule has 0 atom stereocenters. The number of carbonyl (C=O) groups is 1. The number of halogens is 3. The molecule has 0 saturated carbocycles. The fourth-order valence-corrected chi connectivity index (χ4v) is 4.63. The van der Waals surface area contributed by atoms with Crippen molar-refractivity contribution in [3.8, 4) is 17.0 Å². The standard InChI is InChI=1S/C26H22F3N7O2/c1-35-6-8-36(9-7-35)25-30-13-16(14-31-25)23-18-4-2-15(11-22(18)33-34-23)10-20-19-12-17(38-26(27,28)29)3-5-21(19)32-24(20)37/h2-5,10-14H,6-9H2,1H3,(H,32,37)(H,33,34). The maximum Gasteiger partial charge on any atom is 0.573 e. The number of aromatic amines is 1. The molecule has 0 unspecified atom stereocenters. The van der Waals surface area contributed by atoms with Gasteiger partial charge in [-0.2, -0.15) is 5.10 Å². The van der Waals surface area contributed by atoms with Gasteiger partial charge in [0, 0.05) is 66.3 Å².